The molecule has 1 heterocycles. The first-order chi connectivity index (χ1) is 17.1. The number of halogens is 1. The van der Waals surface area contributed by atoms with E-state index in [0.29, 0.717) is 22.6 Å². The second-order valence-electron chi connectivity index (χ2n) is 9.70. The second kappa shape index (κ2) is 10.0. The third kappa shape index (κ3) is 4.73. The molecule has 2 nitrogen and oxygen atoms in total. The Morgan fingerprint density at radius 2 is 1.63 bits per heavy atom. The van der Waals surface area contributed by atoms with Gasteiger partial charge >= 0.3 is 5.63 Å². The van der Waals surface area contributed by atoms with Crippen LogP contribution >= 0.6 is 0 Å². The summed E-state index contributed by atoms with van der Waals surface area (Å²) < 4.78 is 21.2. The van der Waals surface area contributed by atoms with Gasteiger partial charge < -0.3 is 4.42 Å². The van der Waals surface area contributed by atoms with E-state index >= 15 is 4.39 Å². The van der Waals surface area contributed by atoms with Gasteiger partial charge in [-0.2, -0.15) is 0 Å². The molecule has 1 aromatic heterocycles. The molecule has 3 heteroatoms. The van der Waals surface area contributed by atoms with Crippen LogP contribution in [0.2, 0.25) is 0 Å². The van der Waals surface area contributed by atoms with Crippen molar-refractivity contribution in [3.63, 3.8) is 0 Å². The van der Waals surface area contributed by atoms with Gasteiger partial charge in [0.15, 0.2) is 0 Å². The van der Waals surface area contributed by atoms with Gasteiger partial charge in [0.25, 0.3) is 0 Å². The molecule has 0 amide bonds. The minimum Gasteiger partial charge on any atom is -0.422 e. The average molecular weight is 467 g/mol. The van der Waals surface area contributed by atoms with Crippen molar-refractivity contribution in [3.05, 3.63) is 112 Å². The third-order valence-corrected chi connectivity index (χ3v) is 7.49. The molecule has 0 N–H and O–H groups in total. The number of benzene rings is 3. The van der Waals surface area contributed by atoms with E-state index in [9.17, 15) is 4.79 Å². The van der Waals surface area contributed by atoms with Crippen LogP contribution in [0.5, 0.6) is 0 Å². The second-order valence-corrected chi connectivity index (χ2v) is 9.70. The molecular formula is C32H31FO2. The van der Waals surface area contributed by atoms with Crippen molar-refractivity contribution in [3.8, 4) is 11.3 Å². The lowest BCUT2D eigenvalue weighted by Gasteiger charge is -2.29. The molecule has 4 aromatic rings. The van der Waals surface area contributed by atoms with Crippen molar-refractivity contribution in [1.29, 1.82) is 0 Å². The van der Waals surface area contributed by atoms with E-state index in [4.69, 9.17) is 4.42 Å². The van der Waals surface area contributed by atoms with Crippen LogP contribution in [0.25, 0.3) is 28.2 Å². The molecule has 0 spiro atoms. The van der Waals surface area contributed by atoms with E-state index in [1.165, 1.54) is 11.1 Å². The van der Waals surface area contributed by atoms with Crippen molar-refractivity contribution in [1.82, 2.24) is 0 Å². The lowest BCUT2D eigenvalue weighted by atomic mass is 9.75. The molecule has 5 rings (SSSR count). The quantitative estimate of drug-likeness (QED) is 0.285. The van der Waals surface area contributed by atoms with Crippen LogP contribution in [0.1, 0.15) is 73.1 Å². The molecule has 178 valence electrons. The first kappa shape index (κ1) is 23.3. The van der Waals surface area contributed by atoms with Crippen LogP contribution in [-0.2, 0) is 6.42 Å². The normalized spacial score (nSPS) is 18.0. The SMILES string of the molecule is C=Cc1ccc(C2CCC(c3ccc4cc(-c5ccc(CCC)cc5)oc(=O)c4c3F)CC2)cc1. The molecule has 0 bridgehead atoms. The van der Waals surface area contributed by atoms with Crippen LogP contribution < -0.4 is 5.63 Å². The zero-order chi connectivity index (χ0) is 24.4. The maximum absolute atomic E-state index is 15.6. The Kier molecular flexibility index (Phi) is 6.68. The highest BCUT2D eigenvalue weighted by atomic mass is 19.1. The summed E-state index contributed by atoms with van der Waals surface area (Å²) in [5, 5.41) is 0.655. The molecule has 0 saturated heterocycles. The van der Waals surface area contributed by atoms with Gasteiger partial charge in [0.2, 0.25) is 0 Å². The molecule has 1 aliphatic rings. The van der Waals surface area contributed by atoms with Crippen LogP contribution in [0.15, 0.2) is 82.5 Å². The number of rotatable bonds is 6. The maximum atomic E-state index is 15.6. The minimum absolute atomic E-state index is 0.0657. The van der Waals surface area contributed by atoms with Crippen molar-refractivity contribution in [2.24, 2.45) is 0 Å². The van der Waals surface area contributed by atoms with Gasteiger partial charge in [-0.25, -0.2) is 9.18 Å². The molecular weight excluding hydrogens is 435 g/mol. The van der Waals surface area contributed by atoms with Gasteiger partial charge in [-0.1, -0.05) is 86.7 Å². The van der Waals surface area contributed by atoms with Gasteiger partial charge in [0.05, 0.1) is 0 Å². The highest BCUT2D eigenvalue weighted by Gasteiger charge is 2.27. The standard InChI is InChI=1S/C32H31FO2/c1-3-5-22-8-12-26(13-9-22)29-20-27-18-19-28(31(33)30(27)32(34)35-29)25-16-14-24(15-17-25)23-10-6-21(4-2)7-11-23/h4,6-13,18-20,24-25H,2-3,5,14-17H2,1H3. The summed E-state index contributed by atoms with van der Waals surface area (Å²) >= 11 is 0. The molecule has 3 aromatic carbocycles. The van der Waals surface area contributed by atoms with Gasteiger partial charge in [0, 0.05) is 5.56 Å². The summed E-state index contributed by atoms with van der Waals surface area (Å²) in [5.41, 5.74) is 4.57. The maximum Gasteiger partial charge on any atom is 0.347 e. The fourth-order valence-corrected chi connectivity index (χ4v) is 5.48. The molecule has 0 aliphatic heterocycles. The van der Waals surface area contributed by atoms with Crippen molar-refractivity contribution in [2.75, 3.05) is 0 Å². The molecule has 35 heavy (non-hydrogen) atoms. The van der Waals surface area contributed by atoms with Gasteiger partial charge in [0.1, 0.15) is 17.0 Å². The Morgan fingerprint density at radius 3 is 2.29 bits per heavy atom. The van der Waals surface area contributed by atoms with Gasteiger partial charge in [-0.3, -0.25) is 0 Å². The van der Waals surface area contributed by atoms with Crippen LogP contribution in [0.4, 0.5) is 4.39 Å². The van der Waals surface area contributed by atoms with Crippen molar-refractivity contribution in [2.45, 2.75) is 57.3 Å². The number of hydrogen-bond donors (Lipinski definition) is 0. The topological polar surface area (TPSA) is 30.2 Å². The molecule has 0 unspecified atom stereocenters. The zero-order valence-electron chi connectivity index (χ0n) is 20.2. The Morgan fingerprint density at radius 1 is 0.943 bits per heavy atom. The Labute approximate surface area is 206 Å². The predicted molar refractivity (Wildman–Crippen MR) is 142 cm³/mol. The van der Waals surface area contributed by atoms with E-state index < -0.39 is 11.4 Å². The lowest BCUT2D eigenvalue weighted by Crippen LogP contribution is -2.14. The highest BCUT2D eigenvalue weighted by molar-refractivity contribution is 5.85. The number of fused-ring (bicyclic) bond motifs is 1. The minimum atomic E-state index is -0.606. The van der Waals surface area contributed by atoms with Gasteiger partial charge in [-0.15, -0.1) is 0 Å². The predicted octanol–water partition coefficient (Wildman–Crippen LogP) is 8.64. The van der Waals surface area contributed by atoms with E-state index in [0.717, 1.165) is 49.7 Å². The average Bonchev–Trinajstić information content (AvgIpc) is 2.89. The van der Waals surface area contributed by atoms with Crippen molar-refractivity contribution >= 4 is 16.8 Å². The van der Waals surface area contributed by atoms with Crippen LogP contribution in [0.3, 0.4) is 0 Å². The molecule has 1 aliphatic carbocycles. The van der Waals surface area contributed by atoms with Crippen LogP contribution in [-0.4, -0.2) is 0 Å². The number of aryl methyl sites for hydroxylation is 1. The van der Waals surface area contributed by atoms with Gasteiger partial charge in [-0.05, 0) is 77.6 Å². The summed E-state index contributed by atoms with van der Waals surface area (Å²) in [7, 11) is 0. The third-order valence-electron chi connectivity index (χ3n) is 7.49. The molecule has 0 atom stereocenters. The Bertz CT molecular complexity index is 1390. The largest absolute Gasteiger partial charge is 0.422 e. The highest BCUT2D eigenvalue weighted by Crippen LogP contribution is 2.42. The summed E-state index contributed by atoms with van der Waals surface area (Å²) in [6, 6.07) is 22.1. The fourth-order valence-electron chi connectivity index (χ4n) is 5.48. The van der Waals surface area contributed by atoms with E-state index in [-0.39, 0.29) is 11.3 Å². The van der Waals surface area contributed by atoms with E-state index in [2.05, 4.69) is 49.9 Å². The summed E-state index contributed by atoms with van der Waals surface area (Å²) in [6.07, 6.45) is 7.78. The smallest absolute Gasteiger partial charge is 0.347 e. The first-order valence-corrected chi connectivity index (χ1v) is 12.7. The lowest BCUT2D eigenvalue weighted by molar-refractivity contribution is 0.388. The molecule has 1 saturated carbocycles. The molecule has 0 radical (unpaired) electrons. The zero-order valence-corrected chi connectivity index (χ0v) is 20.2. The monoisotopic (exact) mass is 466 g/mol. The summed E-state index contributed by atoms with van der Waals surface area (Å²) in [6.45, 7) is 5.96. The Hall–Kier alpha value is -3.46. The van der Waals surface area contributed by atoms with Crippen LogP contribution in [0, 0.1) is 5.82 Å². The summed E-state index contributed by atoms with van der Waals surface area (Å²) in [5.74, 6) is 0.666. The Balaban J connectivity index is 1.37. The summed E-state index contributed by atoms with van der Waals surface area (Å²) in [4.78, 5) is 12.9. The molecule has 1 fully saturated rings. The van der Waals surface area contributed by atoms with E-state index in [1.54, 1.807) is 6.07 Å². The van der Waals surface area contributed by atoms with Crippen molar-refractivity contribution < 1.29 is 8.81 Å². The number of hydrogen-bond acceptors (Lipinski definition) is 2. The fraction of sp³-hybridized carbons (Fsp3) is 0.281. The van der Waals surface area contributed by atoms with E-state index in [1.807, 2.05) is 30.3 Å². The first-order valence-electron chi connectivity index (χ1n) is 12.7.